The van der Waals surface area contributed by atoms with Crippen molar-refractivity contribution in [3.05, 3.63) is 0 Å². The highest BCUT2D eigenvalue weighted by molar-refractivity contribution is 5.69. The summed E-state index contributed by atoms with van der Waals surface area (Å²) >= 11 is 0. The van der Waals surface area contributed by atoms with E-state index in [1.54, 1.807) is 0 Å². The summed E-state index contributed by atoms with van der Waals surface area (Å²) < 4.78 is 0. The summed E-state index contributed by atoms with van der Waals surface area (Å²) in [5, 5.41) is 25.0. The minimum atomic E-state index is -0.791. The quantitative estimate of drug-likeness (QED) is 0.517. The van der Waals surface area contributed by atoms with Gasteiger partial charge in [0.1, 0.15) is 0 Å². The van der Waals surface area contributed by atoms with Gasteiger partial charge in [-0.2, -0.15) is 0 Å². The molecule has 1 unspecified atom stereocenters. The van der Waals surface area contributed by atoms with E-state index in [4.69, 9.17) is 5.11 Å². The predicted octanol–water partition coefficient (Wildman–Crippen LogP) is 0.00480. The van der Waals surface area contributed by atoms with Gasteiger partial charge in [0.15, 0.2) is 0 Å². The third kappa shape index (κ3) is 11.4. The fourth-order valence-corrected chi connectivity index (χ4v) is 3.47. The molecule has 1 rings (SSSR count). The van der Waals surface area contributed by atoms with Crippen molar-refractivity contribution in [2.24, 2.45) is 11.8 Å². The van der Waals surface area contributed by atoms with Gasteiger partial charge in [0.25, 0.3) is 0 Å². The molecular weight excluding hydrogens is 336 g/mol. The van der Waals surface area contributed by atoms with Crippen LogP contribution in [0.3, 0.4) is 0 Å². The highest BCUT2D eigenvalue weighted by Crippen LogP contribution is 2.13. The molecule has 26 heavy (non-hydrogen) atoms. The minimum absolute atomic E-state index is 0.0721. The maximum absolute atomic E-state index is 11.2. The van der Waals surface area contributed by atoms with Crippen molar-refractivity contribution in [1.82, 2.24) is 20.4 Å². The molecule has 0 saturated carbocycles. The summed E-state index contributed by atoms with van der Waals surface area (Å²) in [7, 11) is 0. The van der Waals surface area contributed by atoms with Crippen LogP contribution in [-0.4, -0.2) is 97.4 Å². The second-order valence-electron chi connectivity index (χ2n) is 7.60. The number of carbonyl (C=O) groups is 2. The Balaban J connectivity index is 2.66. The molecule has 1 saturated heterocycles. The molecule has 4 N–H and O–H groups in total. The molecule has 1 aliphatic rings. The number of nitrogens with one attached hydrogen (secondary N) is 2. The van der Waals surface area contributed by atoms with Gasteiger partial charge in [-0.3, -0.25) is 19.4 Å². The van der Waals surface area contributed by atoms with Crippen LogP contribution in [0.1, 0.15) is 26.7 Å². The lowest BCUT2D eigenvalue weighted by atomic mass is 9.96. The topological polar surface area (TPSA) is 105 Å². The van der Waals surface area contributed by atoms with Crippen molar-refractivity contribution in [3.63, 3.8) is 0 Å². The molecule has 0 radical (unpaired) electrons. The van der Waals surface area contributed by atoms with E-state index in [1.165, 1.54) is 0 Å². The van der Waals surface area contributed by atoms with Crippen LogP contribution in [0.4, 0.5) is 0 Å². The van der Waals surface area contributed by atoms with Gasteiger partial charge >= 0.3 is 11.9 Å². The number of aliphatic carboxylic acids is 2. The van der Waals surface area contributed by atoms with Gasteiger partial charge in [0, 0.05) is 32.7 Å². The highest BCUT2D eigenvalue weighted by atomic mass is 16.4. The highest BCUT2D eigenvalue weighted by Gasteiger charge is 2.18. The molecule has 0 spiro atoms. The minimum Gasteiger partial charge on any atom is -0.480 e. The molecule has 1 atom stereocenters. The normalized spacial score (nSPS) is 22.8. The van der Waals surface area contributed by atoms with E-state index < -0.39 is 11.9 Å². The number of hydrogen-bond donors (Lipinski definition) is 4. The van der Waals surface area contributed by atoms with Crippen molar-refractivity contribution in [3.8, 4) is 0 Å². The number of rotatable bonds is 6. The van der Waals surface area contributed by atoms with Crippen molar-refractivity contribution >= 4 is 11.9 Å². The Morgan fingerprint density at radius 1 is 0.962 bits per heavy atom. The van der Waals surface area contributed by atoms with Crippen molar-refractivity contribution in [2.45, 2.75) is 26.7 Å². The molecule has 152 valence electrons. The molecule has 8 heteroatoms. The molecule has 0 aromatic rings. The van der Waals surface area contributed by atoms with Crippen LogP contribution in [0.2, 0.25) is 0 Å². The summed E-state index contributed by atoms with van der Waals surface area (Å²) in [5.74, 6) is -0.646. The molecule has 0 bridgehead atoms. The maximum atomic E-state index is 11.2. The van der Waals surface area contributed by atoms with E-state index in [1.807, 2.05) is 9.80 Å². The largest absolute Gasteiger partial charge is 0.480 e. The maximum Gasteiger partial charge on any atom is 0.317 e. The summed E-state index contributed by atoms with van der Waals surface area (Å²) in [5.41, 5.74) is 0. The Bertz CT molecular complexity index is 420. The molecule has 0 aromatic heterocycles. The van der Waals surface area contributed by atoms with Crippen LogP contribution in [0.25, 0.3) is 0 Å². The van der Waals surface area contributed by atoms with Crippen LogP contribution in [-0.2, 0) is 9.59 Å². The Morgan fingerprint density at radius 2 is 1.58 bits per heavy atom. The SMILES string of the molecule is CC(C)CC1CNCCN(CC(=O)O)CCCNCCN(CC(=O)O)C1. The molecule has 1 heterocycles. The zero-order chi connectivity index (χ0) is 19.4. The van der Waals surface area contributed by atoms with E-state index in [9.17, 15) is 14.7 Å². The lowest BCUT2D eigenvalue weighted by Gasteiger charge is -2.29. The zero-order valence-corrected chi connectivity index (χ0v) is 16.2. The van der Waals surface area contributed by atoms with Gasteiger partial charge in [-0.05, 0) is 44.3 Å². The van der Waals surface area contributed by atoms with Gasteiger partial charge in [-0.1, -0.05) is 13.8 Å². The van der Waals surface area contributed by atoms with Crippen LogP contribution >= 0.6 is 0 Å². The van der Waals surface area contributed by atoms with E-state index >= 15 is 0 Å². The molecule has 8 nitrogen and oxygen atoms in total. The first-order chi connectivity index (χ1) is 12.4. The Kier molecular flexibility index (Phi) is 11.4. The Labute approximate surface area is 156 Å². The molecule has 1 fully saturated rings. The number of carboxylic acid groups (broad SMARTS) is 2. The molecule has 0 amide bonds. The van der Waals surface area contributed by atoms with Gasteiger partial charge < -0.3 is 20.8 Å². The monoisotopic (exact) mass is 372 g/mol. The van der Waals surface area contributed by atoms with E-state index in [-0.39, 0.29) is 13.1 Å². The summed E-state index contributed by atoms with van der Waals surface area (Å²) in [6.45, 7) is 10.6. The second kappa shape index (κ2) is 13.0. The van der Waals surface area contributed by atoms with Crippen LogP contribution in [0, 0.1) is 11.8 Å². The number of carboxylic acids is 2. The van der Waals surface area contributed by atoms with Gasteiger partial charge in [0.05, 0.1) is 13.1 Å². The fraction of sp³-hybridized carbons (Fsp3) is 0.889. The first-order valence-electron chi connectivity index (χ1n) is 9.66. The Morgan fingerprint density at radius 3 is 2.23 bits per heavy atom. The van der Waals surface area contributed by atoms with Crippen LogP contribution < -0.4 is 10.6 Å². The smallest absolute Gasteiger partial charge is 0.317 e. The predicted molar refractivity (Wildman–Crippen MR) is 101 cm³/mol. The third-order valence-electron chi connectivity index (χ3n) is 4.51. The number of hydrogen-bond acceptors (Lipinski definition) is 6. The first-order valence-corrected chi connectivity index (χ1v) is 9.66. The molecular formula is C18H36N4O4. The van der Waals surface area contributed by atoms with Crippen molar-refractivity contribution < 1.29 is 19.8 Å². The summed E-state index contributed by atoms with van der Waals surface area (Å²) in [6, 6.07) is 0. The lowest BCUT2D eigenvalue weighted by molar-refractivity contribution is -0.139. The van der Waals surface area contributed by atoms with Gasteiger partial charge in [-0.25, -0.2) is 0 Å². The lowest BCUT2D eigenvalue weighted by Crippen LogP contribution is -2.44. The van der Waals surface area contributed by atoms with Crippen LogP contribution in [0.5, 0.6) is 0 Å². The third-order valence-corrected chi connectivity index (χ3v) is 4.51. The van der Waals surface area contributed by atoms with E-state index in [2.05, 4.69) is 24.5 Å². The van der Waals surface area contributed by atoms with Crippen LogP contribution in [0.15, 0.2) is 0 Å². The van der Waals surface area contributed by atoms with Crippen molar-refractivity contribution in [1.29, 1.82) is 0 Å². The van der Waals surface area contributed by atoms with Gasteiger partial charge in [0.2, 0.25) is 0 Å². The van der Waals surface area contributed by atoms with E-state index in [0.717, 1.165) is 52.1 Å². The second-order valence-corrected chi connectivity index (χ2v) is 7.60. The standard InChI is InChI=1S/C18H36N4O4/c1-15(2)10-16-11-20-6-8-21(13-17(23)24)7-3-4-19-5-9-22(12-16)14-18(25)26/h15-16,19-20H,3-14H2,1-2H3,(H,23,24)(H,25,26). The van der Waals surface area contributed by atoms with Crippen molar-refractivity contribution in [2.75, 3.05) is 65.4 Å². The summed E-state index contributed by atoms with van der Waals surface area (Å²) in [4.78, 5) is 26.2. The zero-order valence-electron chi connectivity index (χ0n) is 16.2. The Hall–Kier alpha value is -1.22. The molecule has 1 aliphatic heterocycles. The van der Waals surface area contributed by atoms with Gasteiger partial charge in [-0.15, -0.1) is 0 Å². The average Bonchev–Trinajstić information content (AvgIpc) is 2.51. The number of nitrogens with zero attached hydrogens (tertiary/aromatic N) is 2. The fourth-order valence-electron chi connectivity index (χ4n) is 3.47. The molecule has 0 aliphatic carbocycles. The first kappa shape index (κ1) is 22.8. The summed E-state index contributed by atoms with van der Waals surface area (Å²) in [6.07, 6.45) is 1.91. The average molecular weight is 373 g/mol. The van der Waals surface area contributed by atoms with E-state index in [0.29, 0.717) is 24.9 Å². The molecule has 0 aromatic carbocycles.